The SMILES string of the molecule is Cn1nnc(Br)c1S(=O)(=O)NCCCOc1ccccc1. The third-order valence-electron chi connectivity index (χ3n) is 2.62. The minimum absolute atomic E-state index is 0.00600. The molecule has 9 heteroatoms. The second-order valence-corrected chi connectivity index (χ2v) is 6.66. The normalized spacial score (nSPS) is 11.5. The van der Waals surface area contributed by atoms with E-state index in [1.165, 1.54) is 11.7 Å². The molecule has 1 aromatic heterocycles. The lowest BCUT2D eigenvalue weighted by Crippen LogP contribution is -2.28. The molecule has 0 spiro atoms. The number of nitrogens with zero attached hydrogens (tertiary/aromatic N) is 3. The van der Waals surface area contributed by atoms with Crippen LogP contribution < -0.4 is 9.46 Å². The Kier molecular flexibility index (Phi) is 5.32. The summed E-state index contributed by atoms with van der Waals surface area (Å²) in [5.74, 6) is 0.763. The van der Waals surface area contributed by atoms with Crippen molar-refractivity contribution in [2.45, 2.75) is 11.4 Å². The van der Waals surface area contributed by atoms with Gasteiger partial charge >= 0.3 is 0 Å². The molecule has 21 heavy (non-hydrogen) atoms. The van der Waals surface area contributed by atoms with Crippen LogP contribution >= 0.6 is 15.9 Å². The van der Waals surface area contributed by atoms with Gasteiger partial charge in [0.05, 0.1) is 6.61 Å². The van der Waals surface area contributed by atoms with E-state index < -0.39 is 10.0 Å². The molecule has 0 bridgehead atoms. The molecule has 0 aliphatic carbocycles. The van der Waals surface area contributed by atoms with Gasteiger partial charge < -0.3 is 4.74 Å². The smallest absolute Gasteiger partial charge is 0.260 e. The lowest BCUT2D eigenvalue weighted by atomic mass is 10.3. The standard InChI is InChI=1S/C12H15BrN4O3S/c1-17-12(11(13)15-16-17)21(18,19)14-8-5-9-20-10-6-3-2-4-7-10/h2-4,6-7,14H,5,8-9H2,1H3. The van der Waals surface area contributed by atoms with Gasteiger partial charge in [-0.15, -0.1) is 5.10 Å². The van der Waals surface area contributed by atoms with E-state index >= 15 is 0 Å². The number of para-hydroxylation sites is 1. The van der Waals surface area contributed by atoms with E-state index in [-0.39, 0.29) is 16.2 Å². The van der Waals surface area contributed by atoms with E-state index in [2.05, 4.69) is 31.0 Å². The molecule has 2 aromatic rings. The third-order valence-corrected chi connectivity index (χ3v) is 4.96. The maximum atomic E-state index is 12.1. The molecule has 0 aliphatic heterocycles. The number of hydrogen-bond donors (Lipinski definition) is 1. The fourth-order valence-corrected chi connectivity index (χ4v) is 3.83. The topological polar surface area (TPSA) is 86.1 Å². The number of sulfonamides is 1. The van der Waals surface area contributed by atoms with E-state index in [9.17, 15) is 8.42 Å². The Morgan fingerprint density at radius 2 is 2.05 bits per heavy atom. The maximum Gasteiger partial charge on any atom is 0.260 e. The highest BCUT2D eigenvalue weighted by Crippen LogP contribution is 2.17. The molecule has 0 fully saturated rings. The summed E-state index contributed by atoms with van der Waals surface area (Å²) in [5.41, 5.74) is 0. The van der Waals surface area contributed by atoms with Gasteiger partial charge in [-0.3, -0.25) is 0 Å². The number of nitrogens with one attached hydrogen (secondary N) is 1. The van der Waals surface area contributed by atoms with Crippen molar-refractivity contribution in [3.63, 3.8) is 0 Å². The summed E-state index contributed by atoms with van der Waals surface area (Å²) in [6.45, 7) is 0.699. The van der Waals surface area contributed by atoms with Crippen LogP contribution in [0.1, 0.15) is 6.42 Å². The van der Waals surface area contributed by atoms with Crippen LogP contribution in [0.25, 0.3) is 0 Å². The molecule has 1 N–H and O–H groups in total. The first-order valence-corrected chi connectivity index (χ1v) is 8.51. The number of rotatable bonds is 7. The molecular formula is C12H15BrN4O3S. The van der Waals surface area contributed by atoms with Crippen molar-refractivity contribution in [1.82, 2.24) is 19.7 Å². The zero-order valence-corrected chi connectivity index (χ0v) is 13.8. The zero-order valence-electron chi connectivity index (χ0n) is 11.4. The van der Waals surface area contributed by atoms with Crippen LogP contribution in [0.5, 0.6) is 5.75 Å². The second-order valence-electron chi connectivity index (χ2n) is 4.22. The first-order valence-electron chi connectivity index (χ1n) is 6.23. The number of halogens is 1. The van der Waals surface area contributed by atoms with Crippen LogP contribution in [0.15, 0.2) is 40.0 Å². The first-order chi connectivity index (χ1) is 10.0. The molecule has 0 aliphatic rings. The first kappa shape index (κ1) is 15.9. The molecule has 0 amide bonds. The van der Waals surface area contributed by atoms with Crippen molar-refractivity contribution in [1.29, 1.82) is 0 Å². The fourth-order valence-electron chi connectivity index (χ4n) is 1.66. The minimum Gasteiger partial charge on any atom is -0.494 e. The largest absolute Gasteiger partial charge is 0.494 e. The van der Waals surface area contributed by atoms with Gasteiger partial charge in [0, 0.05) is 13.6 Å². The molecule has 1 heterocycles. The van der Waals surface area contributed by atoms with Gasteiger partial charge in [-0.1, -0.05) is 23.4 Å². The summed E-state index contributed by atoms with van der Waals surface area (Å²) in [6.07, 6.45) is 0.553. The maximum absolute atomic E-state index is 12.1. The zero-order chi connectivity index (χ0) is 15.3. The highest BCUT2D eigenvalue weighted by Gasteiger charge is 2.23. The Morgan fingerprint density at radius 3 is 2.67 bits per heavy atom. The average molecular weight is 375 g/mol. The van der Waals surface area contributed by atoms with Crippen molar-refractivity contribution >= 4 is 26.0 Å². The lowest BCUT2D eigenvalue weighted by Gasteiger charge is -2.08. The van der Waals surface area contributed by atoms with Crippen molar-refractivity contribution in [2.75, 3.05) is 13.2 Å². The number of aryl methyl sites for hydroxylation is 1. The van der Waals surface area contributed by atoms with Crippen LogP contribution in [0.2, 0.25) is 0 Å². The molecule has 0 atom stereocenters. The molecule has 2 rings (SSSR count). The summed E-state index contributed by atoms with van der Waals surface area (Å²) < 4.78 is 33.5. The molecule has 0 unspecified atom stereocenters. The van der Waals surface area contributed by atoms with Crippen LogP contribution in [0.3, 0.4) is 0 Å². The average Bonchev–Trinajstić information content (AvgIpc) is 2.79. The van der Waals surface area contributed by atoms with Gasteiger partial charge in [-0.2, -0.15) is 0 Å². The van der Waals surface area contributed by atoms with Gasteiger partial charge in [0.1, 0.15) is 5.75 Å². The van der Waals surface area contributed by atoms with Crippen molar-refractivity contribution in [3.05, 3.63) is 34.9 Å². The minimum atomic E-state index is -3.64. The van der Waals surface area contributed by atoms with Crippen LogP contribution in [0, 0.1) is 0 Å². The highest BCUT2D eigenvalue weighted by molar-refractivity contribution is 9.10. The summed E-state index contributed by atoms with van der Waals surface area (Å²) in [6, 6.07) is 9.36. The van der Waals surface area contributed by atoms with E-state index in [4.69, 9.17) is 4.74 Å². The van der Waals surface area contributed by atoms with Crippen LogP contribution in [-0.2, 0) is 17.1 Å². The Morgan fingerprint density at radius 1 is 1.33 bits per heavy atom. The lowest BCUT2D eigenvalue weighted by molar-refractivity contribution is 0.311. The molecule has 1 aromatic carbocycles. The highest BCUT2D eigenvalue weighted by atomic mass is 79.9. The van der Waals surface area contributed by atoms with Gasteiger partial charge in [-0.05, 0) is 34.5 Å². The van der Waals surface area contributed by atoms with Crippen molar-refractivity contribution in [3.8, 4) is 5.75 Å². The van der Waals surface area contributed by atoms with Gasteiger partial charge in [0.2, 0.25) is 5.03 Å². The number of aromatic nitrogens is 3. The molecule has 0 saturated carbocycles. The Bertz CT molecular complexity index is 668. The van der Waals surface area contributed by atoms with Crippen molar-refractivity contribution < 1.29 is 13.2 Å². The second kappa shape index (κ2) is 7.01. The Balaban J connectivity index is 1.81. The summed E-state index contributed by atoms with van der Waals surface area (Å²) in [5, 5.41) is 7.30. The van der Waals surface area contributed by atoms with Gasteiger partial charge in [-0.25, -0.2) is 17.8 Å². The predicted octanol–water partition coefficient (Wildman–Crippen LogP) is 1.32. The predicted molar refractivity (Wildman–Crippen MR) is 80.4 cm³/mol. The van der Waals surface area contributed by atoms with E-state index in [0.29, 0.717) is 13.0 Å². The van der Waals surface area contributed by atoms with Crippen LogP contribution in [-0.4, -0.2) is 36.6 Å². The molecule has 7 nitrogen and oxygen atoms in total. The Hall–Kier alpha value is -1.45. The van der Waals surface area contributed by atoms with E-state index in [0.717, 1.165) is 5.75 Å². The molecule has 114 valence electrons. The van der Waals surface area contributed by atoms with E-state index in [1.807, 2.05) is 30.3 Å². The molecule has 0 radical (unpaired) electrons. The van der Waals surface area contributed by atoms with Gasteiger partial charge in [0.25, 0.3) is 10.0 Å². The number of ether oxygens (including phenoxy) is 1. The van der Waals surface area contributed by atoms with Crippen molar-refractivity contribution in [2.24, 2.45) is 7.05 Å². The molecule has 0 saturated heterocycles. The summed E-state index contributed by atoms with van der Waals surface area (Å²) >= 11 is 3.07. The third kappa shape index (κ3) is 4.26. The molecular weight excluding hydrogens is 360 g/mol. The number of hydrogen-bond acceptors (Lipinski definition) is 5. The quantitative estimate of drug-likeness (QED) is 0.738. The van der Waals surface area contributed by atoms with Crippen LogP contribution in [0.4, 0.5) is 0 Å². The number of benzene rings is 1. The van der Waals surface area contributed by atoms with Gasteiger partial charge in [0.15, 0.2) is 4.60 Å². The summed E-state index contributed by atoms with van der Waals surface area (Å²) in [4.78, 5) is 0. The Labute approximate surface area is 131 Å². The monoisotopic (exact) mass is 374 g/mol. The fraction of sp³-hybridized carbons (Fsp3) is 0.333. The summed E-state index contributed by atoms with van der Waals surface area (Å²) in [7, 11) is -2.12. The van der Waals surface area contributed by atoms with E-state index in [1.54, 1.807) is 0 Å².